The lowest BCUT2D eigenvalue weighted by Crippen LogP contribution is -2.08. The number of imidazole rings is 1. The number of oxime groups is 1. The van der Waals surface area contributed by atoms with E-state index < -0.39 is 0 Å². The number of benzene rings is 1. The SMILES string of the molecule is C/C(=N/O)c1ccccc1OCCc1nccn1C. The molecule has 100 valence electrons. The molecule has 0 aliphatic rings. The number of rotatable bonds is 5. The van der Waals surface area contributed by atoms with Crippen molar-refractivity contribution in [1.29, 1.82) is 0 Å². The molecular weight excluding hydrogens is 242 g/mol. The van der Waals surface area contributed by atoms with Crippen LogP contribution in [0.2, 0.25) is 0 Å². The van der Waals surface area contributed by atoms with Gasteiger partial charge in [-0.25, -0.2) is 4.98 Å². The summed E-state index contributed by atoms with van der Waals surface area (Å²) in [6.07, 6.45) is 4.41. The largest absolute Gasteiger partial charge is 0.492 e. The van der Waals surface area contributed by atoms with Crippen molar-refractivity contribution in [2.45, 2.75) is 13.3 Å². The molecule has 1 aromatic heterocycles. The van der Waals surface area contributed by atoms with Crippen LogP contribution >= 0.6 is 0 Å². The summed E-state index contributed by atoms with van der Waals surface area (Å²) in [5.74, 6) is 1.69. The predicted molar refractivity (Wildman–Crippen MR) is 72.8 cm³/mol. The molecule has 0 spiro atoms. The Morgan fingerprint density at radius 2 is 2.21 bits per heavy atom. The fourth-order valence-electron chi connectivity index (χ4n) is 1.83. The Balaban J connectivity index is 2.02. The van der Waals surface area contributed by atoms with Crippen molar-refractivity contribution in [3.63, 3.8) is 0 Å². The number of hydrogen-bond donors (Lipinski definition) is 1. The Hall–Kier alpha value is -2.30. The molecule has 19 heavy (non-hydrogen) atoms. The Morgan fingerprint density at radius 3 is 2.89 bits per heavy atom. The van der Waals surface area contributed by atoms with Crippen molar-refractivity contribution >= 4 is 5.71 Å². The Bertz CT molecular complexity index is 576. The molecule has 0 fully saturated rings. The summed E-state index contributed by atoms with van der Waals surface area (Å²) in [4.78, 5) is 4.24. The van der Waals surface area contributed by atoms with Crippen LogP contribution in [-0.2, 0) is 13.5 Å². The van der Waals surface area contributed by atoms with E-state index in [0.29, 0.717) is 18.1 Å². The van der Waals surface area contributed by atoms with Gasteiger partial charge in [0, 0.05) is 31.4 Å². The van der Waals surface area contributed by atoms with Crippen LogP contribution < -0.4 is 4.74 Å². The molecular formula is C14H17N3O2. The van der Waals surface area contributed by atoms with Gasteiger partial charge in [-0.2, -0.15) is 0 Å². The molecule has 0 aliphatic carbocycles. The van der Waals surface area contributed by atoms with Crippen molar-refractivity contribution in [2.75, 3.05) is 6.61 Å². The minimum atomic E-state index is 0.528. The molecule has 5 heteroatoms. The van der Waals surface area contributed by atoms with Crippen LogP contribution in [0.15, 0.2) is 41.8 Å². The van der Waals surface area contributed by atoms with Crippen LogP contribution in [-0.4, -0.2) is 27.1 Å². The summed E-state index contributed by atoms with van der Waals surface area (Å²) < 4.78 is 7.71. The van der Waals surface area contributed by atoms with Gasteiger partial charge in [0.1, 0.15) is 11.6 Å². The topological polar surface area (TPSA) is 59.6 Å². The standard InChI is InChI=1S/C14H17N3O2/c1-11(16-18)12-5-3-4-6-13(12)19-10-7-14-15-8-9-17(14)2/h3-6,8-9,18H,7,10H2,1-2H3/b16-11-. The van der Waals surface area contributed by atoms with Crippen molar-refractivity contribution in [2.24, 2.45) is 12.2 Å². The van der Waals surface area contributed by atoms with E-state index in [1.807, 2.05) is 42.1 Å². The van der Waals surface area contributed by atoms with E-state index in [1.54, 1.807) is 13.1 Å². The van der Waals surface area contributed by atoms with Gasteiger partial charge < -0.3 is 14.5 Å². The van der Waals surface area contributed by atoms with Gasteiger partial charge in [0.25, 0.3) is 0 Å². The van der Waals surface area contributed by atoms with Crippen molar-refractivity contribution in [3.05, 3.63) is 48.0 Å². The molecule has 5 nitrogen and oxygen atoms in total. The highest BCUT2D eigenvalue weighted by Gasteiger charge is 2.07. The maximum Gasteiger partial charge on any atom is 0.128 e. The van der Waals surface area contributed by atoms with E-state index in [-0.39, 0.29) is 0 Å². The van der Waals surface area contributed by atoms with Crippen molar-refractivity contribution < 1.29 is 9.94 Å². The third-order valence-corrected chi connectivity index (χ3v) is 2.93. The van der Waals surface area contributed by atoms with E-state index in [4.69, 9.17) is 9.94 Å². The summed E-state index contributed by atoms with van der Waals surface area (Å²) in [5.41, 5.74) is 1.33. The molecule has 2 rings (SSSR count). The van der Waals surface area contributed by atoms with Gasteiger partial charge in [-0.05, 0) is 19.1 Å². The first kappa shape index (κ1) is 13.1. The molecule has 0 saturated carbocycles. The van der Waals surface area contributed by atoms with Crippen LogP contribution in [0.3, 0.4) is 0 Å². The lowest BCUT2D eigenvalue weighted by molar-refractivity contribution is 0.312. The van der Waals surface area contributed by atoms with E-state index in [2.05, 4.69) is 10.1 Å². The van der Waals surface area contributed by atoms with E-state index >= 15 is 0 Å². The van der Waals surface area contributed by atoms with Crippen LogP contribution in [0.5, 0.6) is 5.75 Å². The first-order valence-corrected chi connectivity index (χ1v) is 6.09. The molecule has 0 saturated heterocycles. The Labute approximate surface area is 112 Å². The number of aromatic nitrogens is 2. The van der Waals surface area contributed by atoms with Gasteiger partial charge in [-0.15, -0.1) is 0 Å². The third-order valence-electron chi connectivity index (χ3n) is 2.93. The van der Waals surface area contributed by atoms with Gasteiger partial charge in [-0.1, -0.05) is 17.3 Å². The van der Waals surface area contributed by atoms with E-state index in [9.17, 15) is 0 Å². The van der Waals surface area contributed by atoms with Gasteiger partial charge in [0.15, 0.2) is 0 Å². The molecule has 0 bridgehead atoms. The second-order valence-corrected chi connectivity index (χ2v) is 4.23. The molecule has 0 aliphatic heterocycles. The summed E-state index contributed by atoms with van der Waals surface area (Å²) >= 11 is 0. The minimum Gasteiger partial charge on any atom is -0.492 e. The Kier molecular flexibility index (Phi) is 4.18. The summed E-state index contributed by atoms with van der Waals surface area (Å²) in [7, 11) is 1.96. The fraction of sp³-hybridized carbons (Fsp3) is 0.286. The van der Waals surface area contributed by atoms with Crippen molar-refractivity contribution in [3.8, 4) is 5.75 Å². The molecule has 0 unspecified atom stereocenters. The number of aryl methyl sites for hydroxylation is 1. The van der Waals surface area contributed by atoms with E-state index in [1.165, 1.54) is 0 Å². The highest BCUT2D eigenvalue weighted by atomic mass is 16.5. The third kappa shape index (κ3) is 3.13. The maximum absolute atomic E-state index is 8.84. The van der Waals surface area contributed by atoms with Crippen LogP contribution in [0.1, 0.15) is 18.3 Å². The average molecular weight is 259 g/mol. The maximum atomic E-state index is 8.84. The minimum absolute atomic E-state index is 0.528. The second-order valence-electron chi connectivity index (χ2n) is 4.23. The first-order chi connectivity index (χ1) is 9.22. The van der Waals surface area contributed by atoms with Crippen LogP contribution in [0.25, 0.3) is 0 Å². The molecule has 0 amide bonds. The average Bonchev–Trinajstić information content (AvgIpc) is 2.84. The Morgan fingerprint density at radius 1 is 1.42 bits per heavy atom. The lowest BCUT2D eigenvalue weighted by Gasteiger charge is -2.10. The molecule has 1 aromatic carbocycles. The smallest absolute Gasteiger partial charge is 0.128 e. The molecule has 0 radical (unpaired) electrons. The number of para-hydroxylation sites is 1. The lowest BCUT2D eigenvalue weighted by atomic mass is 10.1. The predicted octanol–water partition coefficient (Wildman–Crippen LogP) is 2.24. The highest BCUT2D eigenvalue weighted by Crippen LogP contribution is 2.19. The summed E-state index contributed by atoms with van der Waals surface area (Å²) in [6.45, 7) is 2.27. The highest BCUT2D eigenvalue weighted by molar-refractivity contribution is 6.00. The van der Waals surface area contributed by atoms with Crippen LogP contribution in [0, 0.1) is 0 Å². The monoisotopic (exact) mass is 259 g/mol. The number of hydrogen-bond acceptors (Lipinski definition) is 4. The zero-order chi connectivity index (χ0) is 13.7. The molecule has 1 heterocycles. The van der Waals surface area contributed by atoms with Gasteiger partial charge >= 0.3 is 0 Å². The zero-order valence-electron chi connectivity index (χ0n) is 11.1. The zero-order valence-corrected chi connectivity index (χ0v) is 11.1. The van der Waals surface area contributed by atoms with E-state index in [0.717, 1.165) is 17.8 Å². The molecule has 2 aromatic rings. The van der Waals surface area contributed by atoms with Crippen LogP contribution in [0.4, 0.5) is 0 Å². The van der Waals surface area contributed by atoms with Crippen molar-refractivity contribution in [1.82, 2.24) is 9.55 Å². The molecule has 0 atom stereocenters. The number of nitrogens with zero attached hydrogens (tertiary/aromatic N) is 3. The first-order valence-electron chi connectivity index (χ1n) is 6.09. The fourth-order valence-corrected chi connectivity index (χ4v) is 1.83. The van der Waals surface area contributed by atoms with Gasteiger partial charge in [0.2, 0.25) is 0 Å². The van der Waals surface area contributed by atoms with Gasteiger partial charge in [0.05, 0.1) is 12.3 Å². The second kappa shape index (κ2) is 6.04. The molecule has 1 N–H and O–H groups in total. The summed E-state index contributed by atoms with van der Waals surface area (Å²) in [5, 5.41) is 12.1. The normalized spacial score (nSPS) is 11.6. The summed E-state index contributed by atoms with van der Waals surface area (Å²) in [6, 6.07) is 7.51. The number of ether oxygens (including phenoxy) is 1. The quantitative estimate of drug-likeness (QED) is 0.509. The van der Waals surface area contributed by atoms with Gasteiger partial charge in [-0.3, -0.25) is 0 Å².